The molecule has 1 saturated carbocycles. The van der Waals surface area contributed by atoms with E-state index >= 15 is 0 Å². The van der Waals surface area contributed by atoms with Crippen molar-refractivity contribution >= 4 is 0 Å². The Hall–Kier alpha value is -2.47. The van der Waals surface area contributed by atoms with Crippen LogP contribution in [0.25, 0.3) is 0 Å². The zero-order valence-electron chi connectivity index (χ0n) is 17.2. The molecule has 1 heterocycles. The molecule has 1 aliphatic carbocycles. The largest absolute Gasteiger partial charge is 0.389 e. The van der Waals surface area contributed by atoms with Crippen LogP contribution in [-0.4, -0.2) is 39.9 Å². The molecule has 0 radical (unpaired) electrons. The molecule has 0 amide bonds. The fraction of sp³-hybridized carbons (Fsp3) is 0.360. The van der Waals surface area contributed by atoms with Gasteiger partial charge >= 0.3 is 0 Å². The molecular weight excluding hydrogens is 379 g/mol. The summed E-state index contributed by atoms with van der Waals surface area (Å²) in [5.74, 6) is -0.209. The number of halogens is 1. The van der Waals surface area contributed by atoms with Crippen LogP contribution in [0.2, 0.25) is 0 Å². The van der Waals surface area contributed by atoms with Gasteiger partial charge in [0.1, 0.15) is 5.82 Å². The number of rotatable bonds is 11. The molecule has 30 heavy (non-hydrogen) atoms. The van der Waals surface area contributed by atoms with Gasteiger partial charge in [0, 0.05) is 37.6 Å². The second-order valence-corrected chi connectivity index (χ2v) is 8.07. The lowest BCUT2D eigenvalue weighted by Crippen LogP contribution is -2.36. The maximum Gasteiger partial charge on any atom is 0.123 e. The van der Waals surface area contributed by atoms with Crippen LogP contribution in [0.15, 0.2) is 72.9 Å². The van der Waals surface area contributed by atoms with Gasteiger partial charge in [-0.05, 0) is 48.2 Å². The van der Waals surface area contributed by atoms with Crippen molar-refractivity contribution in [3.63, 3.8) is 0 Å². The van der Waals surface area contributed by atoms with Gasteiger partial charge in [-0.25, -0.2) is 4.39 Å². The zero-order valence-corrected chi connectivity index (χ0v) is 17.2. The highest BCUT2D eigenvalue weighted by molar-refractivity contribution is 5.19. The van der Waals surface area contributed by atoms with E-state index in [-0.39, 0.29) is 5.82 Å². The maximum absolute atomic E-state index is 13.5. The first-order valence-electron chi connectivity index (χ1n) is 10.6. The number of aliphatic hydroxyl groups is 1. The Morgan fingerprint density at radius 1 is 1.03 bits per heavy atom. The van der Waals surface area contributed by atoms with Crippen LogP contribution < -0.4 is 0 Å². The van der Waals surface area contributed by atoms with Crippen LogP contribution in [0.3, 0.4) is 0 Å². The van der Waals surface area contributed by atoms with Crippen molar-refractivity contribution < 1.29 is 14.2 Å². The Balaban J connectivity index is 1.31. The van der Waals surface area contributed by atoms with E-state index < -0.39 is 6.10 Å². The molecule has 0 aliphatic heterocycles. The Morgan fingerprint density at radius 2 is 1.83 bits per heavy atom. The molecular formula is C25H29FN2O2. The van der Waals surface area contributed by atoms with Gasteiger partial charge in [-0.3, -0.25) is 4.90 Å². The third-order valence-corrected chi connectivity index (χ3v) is 5.46. The molecule has 2 aromatic carbocycles. The standard InChI is InChI=1S/C25H29FN2O2/c26-22-9-4-8-21(14-22)15-27-13-5-10-24(27)16-28(23-11-12-23)17-25(29)19-30-18-20-6-2-1-3-7-20/h1-10,13-14,23,25,29H,11-12,15-19H2/t25-/m0/s1. The summed E-state index contributed by atoms with van der Waals surface area (Å²) >= 11 is 0. The summed E-state index contributed by atoms with van der Waals surface area (Å²) in [6.45, 7) is 2.83. The fourth-order valence-corrected chi connectivity index (χ4v) is 3.78. The molecule has 3 aromatic rings. The summed E-state index contributed by atoms with van der Waals surface area (Å²) in [4.78, 5) is 2.34. The zero-order chi connectivity index (χ0) is 20.8. The number of ether oxygens (including phenoxy) is 1. The van der Waals surface area contributed by atoms with Gasteiger partial charge in [0.05, 0.1) is 19.3 Å². The Morgan fingerprint density at radius 3 is 2.60 bits per heavy atom. The summed E-state index contributed by atoms with van der Waals surface area (Å²) < 4.78 is 21.4. The predicted molar refractivity (Wildman–Crippen MR) is 115 cm³/mol. The van der Waals surface area contributed by atoms with E-state index in [0.717, 1.165) is 17.7 Å². The molecule has 4 nitrogen and oxygen atoms in total. The molecule has 4 rings (SSSR count). The van der Waals surface area contributed by atoms with E-state index in [1.54, 1.807) is 12.1 Å². The van der Waals surface area contributed by atoms with Crippen molar-refractivity contribution in [1.29, 1.82) is 0 Å². The van der Waals surface area contributed by atoms with Crippen molar-refractivity contribution in [3.05, 3.63) is 95.6 Å². The Kier molecular flexibility index (Phi) is 6.95. The van der Waals surface area contributed by atoms with E-state index in [1.165, 1.54) is 24.6 Å². The maximum atomic E-state index is 13.5. The number of benzene rings is 2. The number of nitrogens with zero attached hydrogens (tertiary/aromatic N) is 2. The molecule has 1 atom stereocenters. The van der Waals surface area contributed by atoms with Gasteiger partial charge in [0.2, 0.25) is 0 Å². The summed E-state index contributed by atoms with van der Waals surface area (Å²) in [6.07, 6.45) is 3.84. The van der Waals surface area contributed by atoms with Crippen molar-refractivity contribution in [2.75, 3.05) is 13.2 Å². The van der Waals surface area contributed by atoms with Crippen LogP contribution in [0.5, 0.6) is 0 Å². The summed E-state index contributed by atoms with van der Waals surface area (Å²) in [6, 6.07) is 21.4. The van der Waals surface area contributed by atoms with Crippen molar-refractivity contribution in [1.82, 2.24) is 9.47 Å². The molecule has 0 spiro atoms. The van der Waals surface area contributed by atoms with Crippen LogP contribution >= 0.6 is 0 Å². The quantitative estimate of drug-likeness (QED) is 0.516. The molecule has 5 heteroatoms. The molecule has 1 aliphatic rings. The van der Waals surface area contributed by atoms with Crippen LogP contribution in [-0.2, 0) is 24.4 Å². The first kappa shape index (κ1) is 20.8. The third kappa shape index (κ3) is 6.02. The van der Waals surface area contributed by atoms with Crippen LogP contribution in [0, 0.1) is 5.82 Å². The van der Waals surface area contributed by atoms with E-state index in [4.69, 9.17) is 4.74 Å². The van der Waals surface area contributed by atoms with E-state index in [0.29, 0.717) is 32.3 Å². The molecule has 0 unspecified atom stereocenters. The summed E-state index contributed by atoms with van der Waals surface area (Å²) in [5, 5.41) is 10.5. The molecule has 1 fully saturated rings. The Bertz CT molecular complexity index is 924. The van der Waals surface area contributed by atoms with Crippen LogP contribution in [0.1, 0.15) is 29.7 Å². The molecule has 158 valence electrons. The number of hydrogen-bond acceptors (Lipinski definition) is 3. The van der Waals surface area contributed by atoms with E-state index in [2.05, 4.69) is 15.5 Å². The van der Waals surface area contributed by atoms with Crippen molar-refractivity contribution in [3.8, 4) is 0 Å². The lowest BCUT2D eigenvalue weighted by atomic mass is 10.2. The highest BCUT2D eigenvalue weighted by Gasteiger charge is 2.30. The van der Waals surface area contributed by atoms with E-state index in [1.807, 2.05) is 48.7 Å². The molecule has 0 saturated heterocycles. The lowest BCUT2D eigenvalue weighted by molar-refractivity contribution is 0.00672. The van der Waals surface area contributed by atoms with Gasteiger partial charge in [-0.1, -0.05) is 42.5 Å². The number of aromatic nitrogens is 1. The lowest BCUT2D eigenvalue weighted by Gasteiger charge is -2.25. The van der Waals surface area contributed by atoms with Gasteiger partial charge in [-0.2, -0.15) is 0 Å². The highest BCUT2D eigenvalue weighted by Crippen LogP contribution is 2.28. The van der Waals surface area contributed by atoms with Crippen molar-refractivity contribution in [2.45, 2.75) is 44.7 Å². The van der Waals surface area contributed by atoms with Gasteiger partial charge in [-0.15, -0.1) is 0 Å². The predicted octanol–water partition coefficient (Wildman–Crippen LogP) is 4.22. The monoisotopic (exact) mass is 408 g/mol. The summed E-state index contributed by atoms with van der Waals surface area (Å²) in [7, 11) is 0. The average molecular weight is 409 g/mol. The van der Waals surface area contributed by atoms with Gasteiger partial charge < -0.3 is 14.4 Å². The molecule has 1 aromatic heterocycles. The first-order chi connectivity index (χ1) is 14.7. The minimum absolute atomic E-state index is 0.209. The minimum Gasteiger partial charge on any atom is -0.389 e. The van der Waals surface area contributed by atoms with Gasteiger partial charge in [0.25, 0.3) is 0 Å². The molecule has 1 N–H and O–H groups in total. The highest BCUT2D eigenvalue weighted by atomic mass is 19.1. The Labute approximate surface area is 177 Å². The van der Waals surface area contributed by atoms with Crippen LogP contribution in [0.4, 0.5) is 4.39 Å². The first-order valence-corrected chi connectivity index (χ1v) is 10.6. The van der Waals surface area contributed by atoms with E-state index in [9.17, 15) is 9.50 Å². The summed E-state index contributed by atoms with van der Waals surface area (Å²) in [5.41, 5.74) is 3.22. The smallest absolute Gasteiger partial charge is 0.123 e. The molecule has 0 bridgehead atoms. The number of aliphatic hydroxyl groups excluding tert-OH is 1. The normalized spacial score (nSPS) is 14.9. The van der Waals surface area contributed by atoms with Crippen molar-refractivity contribution in [2.24, 2.45) is 0 Å². The third-order valence-electron chi connectivity index (χ3n) is 5.46. The topological polar surface area (TPSA) is 37.6 Å². The second-order valence-electron chi connectivity index (χ2n) is 8.07. The fourth-order valence-electron chi connectivity index (χ4n) is 3.78. The second kappa shape index (κ2) is 10.0. The minimum atomic E-state index is -0.527. The SMILES string of the molecule is O[C@H](COCc1ccccc1)CN(Cc1cccn1Cc1cccc(F)c1)C1CC1. The average Bonchev–Trinajstić information content (AvgIpc) is 3.50. The van der Waals surface area contributed by atoms with Gasteiger partial charge in [0.15, 0.2) is 0 Å². The number of hydrogen-bond donors (Lipinski definition) is 1.